The summed E-state index contributed by atoms with van der Waals surface area (Å²) < 4.78 is 5.44. The molecule has 0 amide bonds. The highest BCUT2D eigenvalue weighted by Crippen LogP contribution is 2.50. The molecule has 1 aromatic carbocycles. The number of piperazine rings is 1. The van der Waals surface area contributed by atoms with Crippen molar-refractivity contribution in [3.05, 3.63) is 54.0 Å². The van der Waals surface area contributed by atoms with Gasteiger partial charge in [0, 0.05) is 52.1 Å². The molecule has 2 radical (unpaired) electrons. The Balaban J connectivity index is 1.37. The number of rotatable bonds is 6. The number of fused-ring (bicyclic) bond motifs is 1. The maximum atomic E-state index is 11.7. The van der Waals surface area contributed by atoms with E-state index in [4.69, 9.17) is 4.74 Å². The van der Waals surface area contributed by atoms with E-state index in [2.05, 4.69) is 66.5 Å². The molecule has 33 heavy (non-hydrogen) atoms. The summed E-state index contributed by atoms with van der Waals surface area (Å²) in [6.07, 6.45) is 7.03. The molecule has 1 N–H and O–H groups in total. The van der Waals surface area contributed by atoms with Crippen molar-refractivity contribution < 1.29 is 14.6 Å². The molecule has 0 spiro atoms. The number of hydrogen-bond acceptors (Lipinski definition) is 5. The van der Waals surface area contributed by atoms with Crippen LogP contribution in [0.2, 0.25) is 0 Å². The number of carbonyl (C=O) groups excluding carboxylic acids is 1. The second-order valence-electron chi connectivity index (χ2n) is 10.6. The van der Waals surface area contributed by atoms with Crippen molar-refractivity contribution in [1.29, 1.82) is 0 Å². The predicted molar refractivity (Wildman–Crippen MR) is 130 cm³/mol. The molecule has 0 unspecified atom stereocenters. The van der Waals surface area contributed by atoms with Crippen LogP contribution in [-0.4, -0.2) is 65.3 Å². The number of carbonyl (C=O) groups is 1. The Hall–Kier alpha value is -1.69. The van der Waals surface area contributed by atoms with Crippen LogP contribution in [0.1, 0.15) is 46.1 Å². The summed E-state index contributed by atoms with van der Waals surface area (Å²) in [6.45, 7) is 14.3. The SMILES string of the molecule is CC(=O)O[C@@H]1[C][C@@]2(O)[C@H](C)CC[C@@H]([C@H](C)CN3CCN(Cc4ccccc4)CC3)[C@H]2C=C1C. The number of esters is 1. The van der Waals surface area contributed by atoms with E-state index < -0.39 is 11.7 Å². The Kier molecular flexibility index (Phi) is 7.62. The molecule has 4 rings (SSSR count). The first kappa shape index (κ1) is 24.4. The fourth-order valence-corrected chi connectivity index (χ4v) is 6.12. The van der Waals surface area contributed by atoms with E-state index in [0.717, 1.165) is 57.7 Å². The second kappa shape index (κ2) is 10.3. The zero-order chi connectivity index (χ0) is 23.6. The van der Waals surface area contributed by atoms with Gasteiger partial charge in [0.15, 0.2) is 0 Å². The van der Waals surface area contributed by atoms with Crippen LogP contribution in [0.25, 0.3) is 0 Å². The lowest BCUT2D eigenvalue weighted by Crippen LogP contribution is -2.57. The summed E-state index contributed by atoms with van der Waals surface area (Å²) in [5.41, 5.74) is 1.33. The third-order valence-electron chi connectivity index (χ3n) is 8.15. The van der Waals surface area contributed by atoms with E-state index >= 15 is 0 Å². The number of benzene rings is 1. The van der Waals surface area contributed by atoms with Gasteiger partial charge in [-0.2, -0.15) is 0 Å². The smallest absolute Gasteiger partial charge is 0.303 e. The number of nitrogens with zero attached hydrogens (tertiary/aromatic N) is 2. The van der Waals surface area contributed by atoms with Crippen LogP contribution in [0.3, 0.4) is 0 Å². The summed E-state index contributed by atoms with van der Waals surface area (Å²) in [7, 11) is 0. The molecule has 5 nitrogen and oxygen atoms in total. The molecule has 3 aliphatic rings. The maximum Gasteiger partial charge on any atom is 0.303 e. The van der Waals surface area contributed by atoms with E-state index in [-0.39, 0.29) is 17.8 Å². The topological polar surface area (TPSA) is 53.0 Å². The Morgan fingerprint density at radius 1 is 1.18 bits per heavy atom. The first-order chi connectivity index (χ1) is 15.8. The Bertz CT molecular complexity index is 833. The van der Waals surface area contributed by atoms with Gasteiger partial charge in [0.1, 0.15) is 6.10 Å². The predicted octanol–water partition coefficient (Wildman–Crippen LogP) is 3.81. The van der Waals surface area contributed by atoms with Crippen LogP contribution < -0.4 is 0 Å². The number of ether oxygens (including phenoxy) is 1. The fraction of sp³-hybridized carbons (Fsp3) is 0.643. The van der Waals surface area contributed by atoms with Crippen molar-refractivity contribution >= 4 is 5.97 Å². The van der Waals surface area contributed by atoms with Gasteiger partial charge in [-0.05, 0) is 48.7 Å². The molecule has 1 saturated heterocycles. The molecule has 2 fully saturated rings. The van der Waals surface area contributed by atoms with E-state index in [9.17, 15) is 9.90 Å². The van der Waals surface area contributed by atoms with Crippen molar-refractivity contribution in [1.82, 2.24) is 9.80 Å². The quantitative estimate of drug-likeness (QED) is 0.526. The van der Waals surface area contributed by atoms with Crippen molar-refractivity contribution in [2.24, 2.45) is 23.7 Å². The lowest BCUT2D eigenvalue weighted by Gasteiger charge is -2.53. The van der Waals surface area contributed by atoms with Crippen molar-refractivity contribution in [3.8, 4) is 0 Å². The molecule has 5 heteroatoms. The largest absolute Gasteiger partial charge is 0.457 e. The van der Waals surface area contributed by atoms with E-state index in [1.807, 2.05) is 6.92 Å². The second-order valence-corrected chi connectivity index (χ2v) is 10.6. The Morgan fingerprint density at radius 2 is 1.85 bits per heavy atom. The van der Waals surface area contributed by atoms with Gasteiger partial charge in [0.25, 0.3) is 0 Å². The summed E-state index contributed by atoms with van der Waals surface area (Å²) in [5, 5.41) is 11.7. The van der Waals surface area contributed by atoms with Crippen molar-refractivity contribution in [3.63, 3.8) is 0 Å². The Labute approximate surface area is 199 Å². The lowest BCUT2D eigenvalue weighted by molar-refractivity contribution is -0.148. The monoisotopic (exact) mass is 452 g/mol. The zero-order valence-corrected chi connectivity index (χ0v) is 20.7. The molecule has 1 aliphatic heterocycles. The molecule has 0 bridgehead atoms. The van der Waals surface area contributed by atoms with E-state index in [0.29, 0.717) is 11.8 Å². The summed E-state index contributed by atoms with van der Waals surface area (Å²) >= 11 is 0. The fourth-order valence-electron chi connectivity index (χ4n) is 6.12. The van der Waals surface area contributed by atoms with Crippen LogP contribution in [-0.2, 0) is 16.1 Å². The van der Waals surface area contributed by atoms with E-state index in [1.54, 1.807) is 0 Å². The molecule has 2 aliphatic carbocycles. The van der Waals surface area contributed by atoms with Gasteiger partial charge in [-0.1, -0.05) is 50.3 Å². The van der Waals surface area contributed by atoms with Crippen LogP contribution in [0.15, 0.2) is 42.0 Å². The standard InChI is InChI=1S/C28H40N2O3/c1-20-16-26-25(11-10-22(3)28(26,32)17-27(20)33-23(4)31)21(2)18-29-12-14-30(15-13-29)19-24-8-6-5-7-9-24/h5-9,16,21-22,25-27,32H,10-15,18-19H2,1-4H3/t21-,22-,25+,26-,27-,28-/m1/s1. The first-order valence-corrected chi connectivity index (χ1v) is 12.6. The van der Waals surface area contributed by atoms with Gasteiger partial charge in [-0.15, -0.1) is 0 Å². The van der Waals surface area contributed by atoms with Gasteiger partial charge >= 0.3 is 5.97 Å². The molecule has 1 aromatic rings. The molecular formula is C28H40N2O3. The minimum atomic E-state index is -1.04. The average molecular weight is 453 g/mol. The van der Waals surface area contributed by atoms with Gasteiger partial charge in [0.2, 0.25) is 0 Å². The summed E-state index contributed by atoms with van der Waals surface area (Å²) in [4.78, 5) is 16.7. The van der Waals surface area contributed by atoms with Crippen LogP contribution >= 0.6 is 0 Å². The van der Waals surface area contributed by atoms with Crippen LogP contribution in [0.5, 0.6) is 0 Å². The van der Waals surface area contributed by atoms with Crippen molar-refractivity contribution in [2.75, 3.05) is 32.7 Å². The minimum Gasteiger partial charge on any atom is -0.457 e. The normalized spacial score (nSPS) is 34.3. The van der Waals surface area contributed by atoms with Gasteiger partial charge < -0.3 is 14.7 Å². The Morgan fingerprint density at radius 3 is 2.52 bits per heavy atom. The third kappa shape index (κ3) is 5.52. The molecule has 180 valence electrons. The summed E-state index contributed by atoms with van der Waals surface area (Å²) in [5.74, 6) is 0.680. The maximum absolute atomic E-state index is 11.7. The number of aliphatic hydroxyl groups is 1. The van der Waals surface area contributed by atoms with Crippen molar-refractivity contribution in [2.45, 2.75) is 58.8 Å². The van der Waals surface area contributed by atoms with Crippen LogP contribution in [0.4, 0.5) is 0 Å². The molecule has 1 heterocycles. The lowest BCUT2D eigenvalue weighted by atomic mass is 9.57. The van der Waals surface area contributed by atoms with Crippen LogP contribution in [0, 0.1) is 30.1 Å². The third-order valence-corrected chi connectivity index (χ3v) is 8.15. The molecule has 6 atom stereocenters. The highest BCUT2D eigenvalue weighted by atomic mass is 16.5. The molecule has 1 saturated carbocycles. The first-order valence-electron chi connectivity index (χ1n) is 12.6. The van der Waals surface area contributed by atoms with Gasteiger partial charge in [-0.3, -0.25) is 9.69 Å². The summed E-state index contributed by atoms with van der Waals surface area (Å²) in [6, 6.07) is 10.7. The highest BCUT2D eigenvalue weighted by Gasteiger charge is 2.53. The zero-order valence-electron chi connectivity index (χ0n) is 20.7. The molecular weight excluding hydrogens is 412 g/mol. The molecule has 0 aromatic heterocycles. The average Bonchev–Trinajstić information content (AvgIpc) is 2.78. The minimum absolute atomic E-state index is 0.0300. The van der Waals surface area contributed by atoms with E-state index in [1.165, 1.54) is 12.5 Å². The van der Waals surface area contributed by atoms with Gasteiger partial charge in [0.05, 0.1) is 12.0 Å². The van der Waals surface area contributed by atoms with Gasteiger partial charge in [-0.25, -0.2) is 0 Å². The number of hydrogen-bond donors (Lipinski definition) is 1. The highest BCUT2D eigenvalue weighted by molar-refractivity contribution is 5.66.